The van der Waals surface area contributed by atoms with Crippen LogP contribution in [0.1, 0.15) is 29.2 Å². The fourth-order valence-corrected chi connectivity index (χ4v) is 2.68. The second kappa shape index (κ2) is 6.06. The zero-order valence-corrected chi connectivity index (χ0v) is 12.3. The number of hydrogen-bond acceptors (Lipinski definition) is 2. The molecule has 0 aliphatic rings. The maximum Gasteiger partial charge on any atom is 0.0702 e. The van der Waals surface area contributed by atoms with Crippen molar-refractivity contribution in [3.05, 3.63) is 77.5 Å². The van der Waals surface area contributed by atoms with Crippen molar-refractivity contribution in [3.8, 4) is 0 Å². The van der Waals surface area contributed by atoms with Gasteiger partial charge in [0.25, 0.3) is 0 Å². The van der Waals surface area contributed by atoms with Crippen LogP contribution in [-0.2, 0) is 6.42 Å². The average Bonchev–Trinajstić information content (AvgIpc) is 2.52. The van der Waals surface area contributed by atoms with E-state index in [1.807, 2.05) is 12.3 Å². The van der Waals surface area contributed by atoms with Crippen molar-refractivity contribution in [1.29, 1.82) is 0 Å². The molecule has 21 heavy (non-hydrogen) atoms. The quantitative estimate of drug-likeness (QED) is 0.776. The van der Waals surface area contributed by atoms with Gasteiger partial charge in [-0.3, -0.25) is 4.98 Å². The highest BCUT2D eigenvalue weighted by Gasteiger charge is 2.07. The van der Waals surface area contributed by atoms with Gasteiger partial charge in [0, 0.05) is 17.6 Å². The van der Waals surface area contributed by atoms with Crippen molar-refractivity contribution in [2.75, 3.05) is 0 Å². The third-order valence-electron chi connectivity index (χ3n) is 3.88. The number of rotatable bonds is 4. The van der Waals surface area contributed by atoms with Crippen LogP contribution in [0.4, 0.5) is 0 Å². The number of benzene rings is 2. The molecule has 0 aliphatic carbocycles. The number of pyridine rings is 1. The van der Waals surface area contributed by atoms with Gasteiger partial charge in [-0.05, 0) is 49.1 Å². The van der Waals surface area contributed by atoms with Gasteiger partial charge in [-0.2, -0.15) is 0 Å². The van der Waals surface area contributed by atoms with Crippen LogP contribution in [0.25, 0.3) is 10.9 Å². The Morgan fingerprint density at radius 2 is 1.95 bits per heavy atom. The van der Waals surface area contributed by atoms with Gasteiger partial charge < -0.3 is 5.73 Å². The molecule has 0 radical (unpaired) electrons. The molecular weight excluding hydrogens is 256 g/mol. The lowest BCUT2D eigenvalue weighted by molar-refractivity contribution is 0.652. The van der Waals surface area contributed by atoms with E-state index in [0.717, 1.165) is 23.7 Å². The fraction of sp³-hybridized carbons (Fsp3) is 0.211. The Balaban J connectivity index is 1.73. The summed E-state index contributed by atoms with van der Waals surface area (Å²) in [7, 11) is 0. The third kappa shape index (κ3) is 3.29. The largest absolute Gasteiger partial charge is 0.324 e. The molecule has 1 atom stereocenters. The summed E-state index contributed by atoms with van der Waals surface area (Å²) in [6, 6.07) is 19.0. The number of aryl methyl sites for hydroxylation is 2. The van der Waals surface area contributed by atoms with Gasteiger partial charge in [0.2, 0.25) is 0 Å². The second-order valence-electron chi connectivity index (χ2n) is 5.59. The number of aromatic nitrogens is 1. The minimum absolute atomic E-state index is 0.0649. The summed E-state index contributed by atoms with van der Waals surface area (Å²) in [5, 5.41) is 1.15. The van der Waals surface area contributed by atoms with Gasteiger partial charge in [0.15, 0.2) is 0 Å². The molecule has 0 amide bonds. The molecule has 1 heterocycles. The van der Waals surface area contributed by atoms with E-state index in [9.17, 15) is 0 Å². The highest BCUT2D eigenvalue weighted by atomic mass is 14.7. The minimum Gasteiger partial charge on any atom is -0.324 e. The smallest absolute Gasteiger partial charge is 0.0702 e. The van der Waals surface area contributed by atoms with Crippen LogP contribution in [0.2, 0.25) is 0 Å². The molecule has 1 unspecified atom stereocenters. The first-order valence-corrected chi connectivity index (χ1v) is 7.38. The van der Waals surface area contributed by atoms with Gasteiger partial charge >= 0.3 is 0 Å². The molecule has 106 valence electrons. The first kappa shape index (κ1) is 13.8. The summed E-state index contributed by atoms with van der Waals surface area (Å²) in [5.41, 5.74) is 11.2. The normalized spacial score (nSPS) is 12.5. The van der Waals surface area contributed by atoms with Crippen molar-refractivity contribution >= 4 is 10.9 Å². The molecule has 1 aromatic heterocycles. The van der Waals surface area contributed by atoms with Crippen molar-refractivity contribution in [2.45, 2.75) is 25.8 Å². The summed E-state index contributed by atoms with van der Waals surface area (Å²) in [6.07, 6.45) is 3.78. The topological polar surface area (TPSA) is 38.9 Å². The van der Waals surface area contributed by atoms with Gasteiger partial charge in [-0.1, -0.05) is 42.0 Å². The highest BCUT2D eigenvalue weighted by Crippen LogP contribution is 2.21. The monoisotopic (exact) mass is 276 g/mol. The van der Waals surface area contributed by atoms with Gasteiger partial charge in [0.1, 0.15) is 0 Å². The number of nitrogens with two attached hydrogens (primary N) is 1. The van der Waals surface area contributed by atoms with Crippen LogP contribution in [0.15, 0.2) is 60.8 Å². The lowest BCUT2D eigenvalue weighted by Crippen LogP contribution is -2.11. The molecule has 0 bridgehead atoms. The Hall–Kier alpha value is -2.19. The van der Waals surface area contributed by atoms with E-state index >= 15 is 0 Å². The Labute approximate surface area is 125 Å². The molecule has 0 spiro atoms. The first-order chi connectivity index (χ1) is 10.2. The maximum atomic E-state index is 6.35. The summed E-state index contributed by atoms with van der Waals surface area (Å²) < 4.78 is 0. The zero-order chi connectivity index (χ0) is 14.7. The van der Waals surface area contributed by atoms with E-state index < -0.39 is 0 Å². The molecule has 2 N–H and O–H groups in total. The molecule has 0 aliphatic heterocycles. The summed E-state index contributed by atoms with van der Waals surface area (Å²) in [5.74, 6) is 0. The Morgan fingerprint density at radius 3 is 2.81 bits per heavy atom. The molecule has 2 aromatic carbocycles. The molecule has 0 fully saturated rings. The summed E-state index contributed by atoms with van der Waals surface area (Å²) in [4.78, 5) is 4.34. The van der Waals surface area contributed by atoms with E-state index in [1.54, 1.807) is 0 Å². The van der Waals surface area contributed by atoms with Crippen molar-refractivity contribution in [2.24, 2.45) is 5.73 Å². The predicted octanol–water partition coefficient (Wildman–Crippen LogP) is 4.18. The van der Waals surface area contributed by atoms with E-state index in [1.165, 1.54) is 16.7 Å². The van der Waals surface area contributed by atoms with Crippen LogP contribution in [0.3, 0.4) is 0 Å². The van der Waals surface area contributed by atoms with Crippen LogP contribution in [0.5, 0.6) is 0 Å². The minimum atomic E-state index is 0.0649. The second-order valence-corrected chi connectivity index (χ2v) is 5.59. The van der Waals surface area contributed by atoms with Crippen LogP contribution < -0.4 is 5.73 Å². The van der Waals surface area contributed by atoms with E-state index in [4.69, 9.17) is 5.73 Å². The van der Waals surface area contributed by atoms with Crippen LogP contribution >= 0.6 is 0 Å². The van der Waals surface area contributed by atoms with Crippen molar-refractivity contribution in [3.63, 3.8) is 0 Å². The number of nitrogens with zero attached hydrogens (tertiary/aromatic N) is 1. The van der Waals surface area contributed by atoms with Gasteiger partial charge in [0.05, 0.1) is 5.52 Å². The number of hydrogen-bond donors (Lipinski definition) is 1. The fourth-order valence-electron chi connectivity index (χ4n) is 2.68. The summed E-state index contributed by atoms with van der Waals surface area (Å²) in [6.45, 7) is 2.12. The molecule has 2 heteroatoms. The highest BCUT2D eigenvalue weighted by molar-refractivity contribution is 5.79. The SMILES string of the molecule is Cc1cccc(CCC(N)c2ccc3ncccc3c2)c1. The van der Waals surface area contributed by atoms with Gasteiger partial charge in [-0.25, -0.2) is 0 Å². The predicted molar refractivity (Wildman–Crippen MR) is 88.2 cm³/mol. The van der Waals surface area contributed by atoms with E-state index in [-0.39, 0.29) is 6.04 Å². The van der Waals surface area contributed by atoms with E-state index in [2.05, 4.69) is 60.4 Å². The Morgan fingerprint density at radius 1 is 1.05 bits per heavy atom. The number of fused-ring (bicyclic) bond motifs is 1. The first-order valence-electron chi connectivity index (χ1n) is 7.38. The maximum absolute atomic E-state index is 6.35. The Bertz CT molecular complexity index is 749. The Kier molecular flexibility index (Phi) is 3.98. The molecule has 2 nitrogen and oxygen atoms in total. The molecule has 3 aromatic rings. The lowest BCUT2D eigenvalue weighted by Gasteiger charge is -2.13. The average molecular weight is 276 g/mol. The molecule has 0 saturated heterocycles. The molecule has 3 rings (SSSR count). The van der Waals surface area contributed by atoms with Crippen molar-refractivity contribution in [1.82, 2.24) is 4.98 Å². The molecule has 0 saturated carbocycles. The lowest BCUT2D eigenvalue weighted by atomic mass is 9.98. The summed E-state index contributed by atoms with van der Waals surface area (Å²) >= 11 is 0. The van der Waals surface area contributed by atoms with E-state index in [0.29, 0.717) is 0 Å². The molecular formula is C19H20N2. The zero-order valence-electron chi connectivity index (χ0n) is 12.3. The van der Waals surface area contributed by atoms with Crippen LogP contribution in [0, 0.1) is 6.92 Å². The van der Waals surface area contributed by atoms with Crippen molar-refractivity contribution < 1.29 is 0 Å². The van der Waals surface area contributed by atoms with Gasteiger partial charge in [-0.15, -0.1) is 0 Å². The van der Waals surface area contributed by atoms with Crippen LogP contribution in [-0.4, -0.2) is 4.98 Å². The third-order valence-corrected chi connectivity index (χ3v) is 3.88. The standard InChI is InChI=1S/C19H20N2/c1-14-4-2-5-15(12-14)7-9-18(20)16-8-10-19-17(13-16)6-3-11-21-19/h2-6,8,10-13,18H,7,9,20H2,1H3.